The van der Waals surface area contributed by atoms with Crippen molar-refractivity contribution in [1.82, 2.24) is 5.32 Å². The first kappa shape index (κ1) is 23.0. The number of anilines is 1. The average Bonchev–Trinajstić information content (AvgIpc) is 2.69. The second-order valence-electron chi connectivity index (χ2n) is 5.81. The minimum atomic E-state index is -1.82. The first-order valence-electron chi connectivity index (χ1n) is 8.40. The smallest absolute Gasteiger partial charge is 0.414 e. The Kier molecular flexibility index (Phi) is 9.51. The number of nitriles is 1. The largest absolute Gasteiger partial charge is 0.473 e. The Labute approximate surface area is 168 Å². The fourth-order valence-corrected chi connectivity index (χ4v) is 2.77. The molecule has 0 aromatic heterocycles. The molecule has 0 saturated carbocycles. The lowest BCUT2D eigenvalue weighted by atomic mass is 10.0. The molecule has 7 nitrogen and oxygen atoms in total. The normalized spacial score (nSPS) is 10.8. The van der Waals surface area contributed by atoms with Crippen LogP contribution in [0, 0.1) is 11.3 Å². The van der Waals surface area contributed by atoms with Crippen LogP contribution in [0.2, 0.25) is 5.02 Å². The van der Waals surface area contributed by atoms with Gasteiger partial charge in [0.05, 0.1) is 17.3 Å². The lowest BCUT2D eigenvalue weighted by molar-refractivity contribution is -0.159. The van der Waals surface area contributed by atoms with Crippen molar-refractivity contribution in [1.29, 1.82) is 5.26 Å². The van der Waals surface area contributed by atoms with Gasteiger partial charge in [0.2, 0.25) is 0 Å². The topological polar surface area (TPSA) is 114 Å². The third-order valence-electron chi connectivity index (χ3n) is 3.96. The minimum absolute atomic E-state index is 0.180. The quantitative estimate of drug-likeness (QED) is 0.635. The Morgan fingerprint density at radius 3 is 2.29 bits per heavy atom. The van der Waals surface area contributed by atoms with Crippen LogP contribution in [0.4, 0.5) is 5.69 Å². The minimum Gasteiger partial charge on any atom is -0.473 e. The van der Waals surface area contributed by atoms with Crippen LogP contribution in [-0.2, 0) is 9.59 Å². The number of nitrogens with one attached hydrogen (secondary N) is 1. The van der Waals surface area contributed by atoms with Gasteiger partial charge >= 0.3 is 11.9 Å². The van der Waals surface area contributed by atoms with Gasteiger partial charge in [-0.1, -0.05) is 41.9 Å². The monoisotopic (exact) mass is 403 g/mol. The fraction of sp³-hybridized carbons (Fsp3) is 0.250. The van der Waals surface area contributed by atoms with E-state index in [4.69, 9.17) is 31.4 Å². The van der Waals surface area contributed by atoms with Crippen molar-refractivity contribution < 1.29 is 19.8 Å². The third-order valence-corrected chi connectivity index (χ3v) is 4.20. The summed E-state index contributed by atoms with van der Waals surface area (Å²) in [6.07, 6.45) is 0.939. The predicted molar refractivity (Wildman–Crippen MR) is 108 cm³/mol. The Hall–Kier alpha value is -3.08. The molecule has 0 amide bonds. The maximum Gasteiger partial charge on any atom is 0.414 e. The zero-order chi connectivity index (χ0) is 21.1. The van der Waals surface area contributed by atoms with E-state index in [1.165, 1.54) is 5.56 Å². The molecule has 3 N–H and O–H groups in total. The Bertz CT molecular complexity index is 825. The van der Waals surface area contributed by atoms with Crippen molar-refractivity contribution in [3.05, 3.63) is 64.7 Å². The summed E-state index contributed by atoms with van der Waals surface area (Å²) in [6, 6.07) is 18.1. The highest BCUT2D eigenvalue weighted by molar-refractivity contribution is 6.31. The van der Waals surface area contributed by atoms with Crippen LogP contribution in [0.1, 0.15) is 23.6 Å². The van der Waals surface area contributed by atoms with Gasteiger partial charge in [0.15, 0.2) is 0 Å². The van der Waals surface area contributed by atoms with Crippen molar-refractivity contribution >= 4 is 29.2 Å². The van der Waals surface area contributed by atoms with Gasteiger partial charge in [0.1, 0.15) is 6.07 Å². The molecule has 8 heteroatoms. The third kappa shape index (κ3) is 6.91. The molecule has 2 aromatic rings. The van der Waals surface area contributed by atoms with Gasteiger partial charge in [0, 0.05) is 12.1 Å². The second kappa shape index (κ2) is 11.6. The zero-order valence-corrected chi connectivity index (χ0v) is 16.3. The number of rotatable bonds is 6. The number of carboxylic acid groups (broad SMARTS) is 2. The van der Waals surface area contributed by atoms with E-state index in [-0.39, 0.29) is 6.04 Å². The molecule has 1 atom stereocenters. The van der Waals surface area contributed by atoms with E-state index in [1.54, 1.807) is 12.1 Å². The summed E-state index contributed by atoms with van der Waals surface area (Å²) in [5, 5.41) is 28.0. The summed E-state index contributed by atoms with van der Waals surface area (Å²) in [6.45, 7) is 0.895. The van der Waals surface area contributed by atoms with Crippen LogP contribution in [0.3, 0.4) is 0 Å². The van der Waals surface area contributed by atoms with Crippen LogP contribution in [0.15, 0.2) is 48.5 Å². The van der Waals surface area contributed by atoms with Crippen LogP contribution >= 0.6 is 11.6 Å². The number of hydrogen-bond donors (Lipinski definition) is 3. The van der Waals surface area contributed by atoms with Crippen LogP contribution < -0.4 is 10.2 Å². The summed E-state index contributed by atoms with van der Waals surface area (Å²) in [4.78, 5) is 20.3. The molecule has 1 unspecified atom stereocenters. The SMILES string of the molecule is CNCCC(c1ccccc1)N(C)c1cc(Cl)ccc1C#N.O=C(O)C(=O)O. The molecule has 0 aliphatic carbocycles. The molecule has 2 rings (SSSR count). The van der Waals surface area contributed by atoms with E-state index in [0.29, 0.717) is 10.6 Å². The summed E-state index contributed by atoms with van der Waals surface area (Å²) < 4.78 is 0. The first-order chi connectivity index (χ1) is 13.3. The first-order valence-corrected chi connectivity index (χ1v) is 8.77. The highest BCUT2D eigenvalue weighted by Gasteiger charge is 2.19. The Morgan fingerprint density at radius 2 is 1.79 bits per heavy atom. The maximum absolute atomic E-state index is 9.35. The van der Waals surface area contributed by atoms with Gasteiger partial charge in [0.25, 0.3) is 0 Å². The van der Waals surface area contributed by atoms with Gasteiger partial charge in [-0.25, -0.2) is 9.59 Å². The lowest BCUT2D eigenvalue weighted by Crippen LogP contribution is -2.27. The number of aliphatic carboxylic acids is 2. The van der Waals surface area contributed by atoms with Gasteiger partial charge in [-0.2, -0.15) is 5.26 Å². The van der Waals surface area contributed by atoms with Crippen molar-refractivity contribution in [3.63, 3.8) is 0 Å². The van der Waals surface area contributed by atoms with Gasteiger partial charge in [-0.3, -0.25) is 0 Å². The Morgan fingerprint density at radius 1 is 1.18 bits per heavy atom. The Balaban J connectivity index is 0.000000568. The van der Waals surface area contributed by atoms with Crippen LogP contribution in [0.5, 0.6) is 0 Å². The molecule has 2 aromatic carbocycles. The molecule has 0 bridgehead atoms. The van der Waals surface area contributed by atoms with E-state index in [2.05, 4.69) is 28.4 Å². The highest BCUT2D eigenvalue weighted by Crippen LogP contribution is 2.32. The van der Waals surface area contributed by atoms with E-state index >= 15 is 0 Å². The summed E-state index contributed by atoms with van der Waals surface area (Å²) >= 11 is 6.12. The average molecular weight is 404 g/mol. The summed E-state index contributed by atoms with van der Waals surface area (Å²) in [7, 11) is 3.96. The number of carbonyl (C=O) groups is 2. The molecule has 0 heterocycles. The predicted octanol–water partition coefficient (Wildman–Crippen LogP) is 3.15. The molecule has 148 valence electrons. The van der Waals surface area contributed by atoms with E-state index < -0.39 is 11.9 Å². The van der Waals surface area contributed by atoms with Crippen molar-refractivity contribution in [2.45, 2.75) is 12.5 Å². The summed E-state index contributed by atoms with van der Waals surface area (Å²) in [5.41, 5.74) is 2.72. The highest BCUT2D eigenvalue weighted by atomic mass is 35.5. The van der Waals surface area contributed by atoms with Crippen molar-refractivity contribution in [3.8, 4) is 6.07 Å². The number of nitrogens with zero attached hydrogens (tertiary/aromatic N) is 2. The molecule has 28 heavy (non-hydrogen) atoms. The standard InChI is InChI=1S/C18H20ClN3.C2H2O4/c1-21-11-10-17(14-6-4-3-5-7-14)22(2)18-12-16(19)9-8-15(18)13-20;3-1(4)2(5)6/h3-9,12,17,21H,10-11H2,1-2H3;(H,3,4)(H,5,6). The van der Waals surface area contributed by atoms with Crippen LogP contribution in [-0.4, -0.2) is 42.8 Å². The second-order valence-corrected chi connectivity index (χ2v) is 6.25. The molecule has 0 fully saturated rings. The number of benzene rings is 2. The molecule has 0 aliphatic rings. The molecule has 0 radical (unpaired) electrons. The molecule has 0 saturated heterocycles. The van der Waals surface area contributed by atoms with Crippen LogP contribution in [0.25, 0.3) is 0 Å². The van der Waals surface area contributed by atoms with Crippen molar-refractivity contribution in [2.75, 3.05) is 25.5 Å². The molecular weight excluding hydrogens is 382 g/mol. The molecule has 0 aliphatic heterocycles. The fourth-order valence-electron chi connectivity index (χ4n) is 2.60. The van der Waals surface area contributed by atoms with Gasteiger partial charge < -0.3 is 20.4 Å². The number of hydrogen-bond acceptors (Lipinski definition) is 5. The molecular formula is C20H22ClN3O4. The maximum atomic E-state index is 9.35. The van der Waals surface area contributed by atoms with Gasteiger partial charge in [-0.05, 0) is 43.8 Å². The lowest BCUT2D eigenvalue weighted by Gasteiger charge is -2.31. The van der Waals surface area contributed by atoms with E-state index in [9.17, 15) is 5.26 Å². The molecule has 0 spiro atoms. The number of carboxylic acids is 2. The van der Waals surface area contributed by atoms with E-state index in [0.717, 1.165) is 18.7 Å². The summed E-state index contributed by atoms with van der Waals surface area (Å²) in [5.74, 6) is -3.65. The van der Waals surface area contributed by atoms with E-state index in [1.807, 2.05) is 38.4 Å². The van der Waals surface area contributed by atoms with Gasteiger partial charge in [-0.15, -0.1) is 0 Å². The zero-order valence-electron chi connectivity index (χ0n) is 15.6. The van der Waals surface area contributed by atoms with Crippen molar-refractivity contribution in [2.24, 2.45) is 0 Å². The number of halogens is 1.